The Morgan fingerprint density at radius 3 is 2.86 bits per heavy atom. The first-order valence-corrected chi connectivity index (χ1v) is 13.2. The Bertz CT molecular complexity index is 1470. The summed E-state index contributed by atoms with van der Waals surface area (Å²) >= 11 is 0. The number of aromatic nitrogens is 3. The third-order valence-corrected chi connectivity index (χ3v) is 8.00. The fourth-order valence-corrected chi connectivity index (χ4v) is 5.80. The molecule has 1 atom stereocenters. The molecule has 37 heavy (non-hydrogen) atoms. The van der Waals surface area contributed by atoms with E-state index in [0.717, 1.165) is 67.7 Å². The van der Waals surface area contributed by atoms with Gasteiger partial charge in [-0.15, -0.1) is 0 Å². The fourth-order valence-electron chi connectivity index (χ4n) is 5.80. The molecule has 0 spiro atoms. The molecule has 4 aromatic rings. The predicted molar refractivity (Wildman–Crippen MR) is 141 cm³/mol. The van der Waals surface area contributed by atoms with Crippen LogP contribution in [-0.2, 0) is 24.4 Å². The number of nitrogens with zero attached hydrogens (tertiary/aromatic N) is 4. The Labute approximate surface area is 215 Å². The van der Waals surface area contributed by atoms with Crippen LogP contribution in [0.1, 0.15) is 47.6 Å². The zero-order chi connectivity index (χ0) is 24.9. The normalized spacial score (nSPS) is 19.2. The number of halogens is 1. The first kappa shape index (κ1) is 22.8. The summed E-state index contributed by atoms with van der Waals surface area (Å²) in [6.45, 7) is 4.03. The highest BCUT2D eigenvalue weighted by Gasteiger charge is 2.29. The van der Waals surface area contributed by atoms with Gasteiger partial charge in [-0.2, -0.15) is 0 Å². The lowest BCUT2D eigenvalue weighted by Crippen LogP contribution is -2.22. The second-order valence-electron chi connectivity index (χ2n) is 10.5. The summed E-state index contributed by atoms with van der Waals surface area (Å²) in [5.41, 5.74) is 8.70. The van der Waals surface area contributed by atoms with Crippen molar-refractivity contribution in [3.63, 3.8) is 0 Å². The lowest BCUT2D eigenvalue weighted by molar-refractivity contribution is 0.193. The summed E-state index contributed by atoms with van der Waals surface area (Å²) in [5.74, 6) is 1.02. The first-order valence-electron chi connectivity index (χ1n) is 13.2. The molecule has 190 valence electrons. The smallest absolute Gasteiger partial charge is 0.140 e. The van der Waals surface area contributed by atoms with Crippen LogP contribution >= 0.6 is 0 Å². The number of imidazole rings is 1. The van der Waals surface area contributed by atoms with Gasteiger partial charge in [0, 0.05) is 61.7 Å². The number of pyridine rings is 2. The van der Waals surface area contributed by atoms with Gasteiger partial charge in [-0.05, 0) is 61.2 Å². The number of anilines is 2. The average molecular weight is 499 g/mol. The van der Waals surface area contributed by atoms with Gasteiger partial charge in [0.1, 0.15) is 17.3 Å². The molecule has 2 N–H and O–H groups in total. The zero-order valence-corrected chi connectivity index (χ0v) is 21.0. The molecule has 3 aliphatic rings. The zero-order valence-electron chi connectivity index (χ0n) is 21.0. The molecule has 7 rings (SSSR count). The van der Waals surface area contributed by atoms with E-state index in [4.69, 9.17) is 9.72 Å². The molecule has 8 heteroatoms. The van der Waals surface area contributed by atoms with E-state index in [2.05, 4.69) is 51.8 Å². The molecule has 2 fully saturated rings. The molecule has 3 aromatic heterocycles. The lowest BCUT2D eigenvalue weighted by atomic mass is 9.96. The summed E-state index contributed by atoms with van der Waals surface area (Å²) in [6, 6.07) is 12.2. The van der Waals surface area contributed by atoms with Crippen molar-refractivity contribution >= 4 is 17.2 Å². The van der Waals surface area contributed by atoms with Gasteiger partial charge >= 0.3 is 0 Å². The molecule has 1 aliphatic carbocycles. The maximum atomic E-state index is 13.7. The van der Waals surface area contributed by atoms with Gasteiger partial charge in [-0.1, -0.05) is 12.1 Å². The van der Waals surface area contributed by atoms with Crippen LogP contribution < -0.4 is 10.6 Å². The number of benzene rings is 1. The first-order chi connectivity index (χ1) is 18.1. The second-order valence-corrected chi connectivity index (χ2v) is 10.5. The van der Waals surface area contributed by atoms with Crippen LogP contribution in [0.25, 0.3) is 16.9 Å². The topological polar surface area (TPSA) is 66.7 Å². The molecule has 1 aromatic carbocycles. The number of fused-ring (bicyclic) bond motifs is 2. The van der Waals surface area contributed by atoms with E-state index in [1.807, 2.05) is 10.6 Å². The molecule has 7 nitrogen and oxygen atoms in total. The van der Waals surface area contributed by atoms with Crippen LogP contribution in [0.4, 0.5) is 15.9 Å². The number of ether oxygens (including phenoxy) is 1. The molecule has 0 unspecified atom stereocenters. The fraction of sp³-hybridized carbons (Fsp3) is 0.379. The maximum absolute atomic E-state index is 13.7. The molecular weight excluding hydrogens is 467 g/mol. The van der Waals surface area contributed by atoms with Crippen molar-refractivity contribution in [2.75, 3.05) is 25.6 Å². The van der Waals surface area contributed by atoms with Gasteiger partial charge < -0.3 is 15.4 Å². The summed E-state index contributed by atoms with van der Waals surface area (Å²) in [4.78, 5) is 12.0. The van der Waals surface area contributed by atoms with Gasteiger partial charge in [0.25, 0.3) is 0 Å². The minimum atomic E-state index is -0.280. The van der Waals surface area contributed by atoms with Crippen LogP contribution in [0.5, 0.6) is 0 Å². The van der Waals surface area contributed by atoms with Crippen molar-refractivity contribution in [2.24, 2.45) is 0 Å². The SMILES string of the molecule is CN(Cc1nc(Nc2ccc(-c3cnc4cc(F)ccn34)c3c2CNC3)ccc1[C@H]1CCOC1)C1CC1. The van der Waals surface area contributed by atoms with Gasteiger partial charge in [-0.3, -0.25) is 9.30 Å². The van der Waals surface area contributed by atoms with E-state index in [-0.39, 0.29) is 5.82 Å². The van der Waals surface area contributed by atoms with Gasteiger partial charge in [0.15, 0.2) is 0 Å². The summed E-state index contributed by atoms with van der Waals surface area (Å²) in [6.07, 6.45) is 7.19. The molecule has 0 amide bonds. The molecule has 5 heterocycles. The van der Waals surface area contributed by atoms with Crippen molar-refractivity contribution in [2.45, 2.75) is 50.9 Å². The second kappa shape index (κ2) is 9.20. The molecule has 0 bridgehead atoms. The maximum Gasteiger partial charge on any atom is 0.140 e. The van der Waals surface area contributed by atoms with Gasteiger partial charge in [0.2, 0.25) is 0 Å². The Balaban J connectivity index is 1.22. The summed E-state index contributed by atoms with van der Waals surface area (Å²) in [5, 5.41) is 7.13. The van der Waals surface area contributed by atoms with Gasteiger partial charge in [0.05, 0.1) is 24.2 Å². The monoisotopic (exact) mass is 498 g/mol. The van der Waals surface area contributed by atoms with Crippen LogP contribution in [0.3, 0.4) is 0 Å². The van der Waals surface area contributed by atoms with Crippen LogP contribution in [0.2, 0.25) is 0 Å². The Hall–Kier alpha value is -3.33. The third-order valence-electron chi connectivity index (χ3n) is 8.00. The summed E-state index contributed by atoms with van der Waals surface area (Å²) < 4.78 is 21.3. The molecule has 1 saturated heterocycles. The van der Waals surface area contributed by atoms with E-state index < -0.39 is 0 Å². The number of rotatable bonds is 7. The van der Waals surface area contributed by atoms with Crippen LogP contribution in [0.15, 0.2) is 48.8 Å². The van der Waals surface area contributed by atoms with Crippen molar-refractivity contribution in [1.82, 2.24) is 24.6 Å². The molecule has 0 radical (unpaired) electrons. The minimum Gasteiger partial charge on any atom is -0.381 e. The number of hydrogen-bond acceptors (Lipinski definition) is 6. The van der Waals surface area contributed by atoms with E-state index in [1.165, 1.54) is 41.7 Å². The van der Waals surface area contributed by atoms with Gasteiger partial charge in [-0.25, -0.2) is 14.4 Å². The van der Waals surface area contributed by atoms with Crippen molar-refractivity contribution in [3.05, 3.63) is 77.0 Å². The molecule has 1 saturated carbocycles. The Morgan fingerprint density at radius 2 is 2.03 bits per heavy atom. The predicted octanol–water partition coefficient (Wildman–Crippen LogP) is 4.98. The standard InChI is InChI=1S/C29H31FN6O/c1-35(20-2-3-20)16-26-21(18-9-11-37-17-18)5-7-28(34-26)33-25-6-4-22(23-13-31-14-24(23)25)27-15-32-29-12-19(30)8-10-36(27)29/h4-8,10,12,15,18,20,31H,2-3,9,11,13-14,16-17H2,1H3,(H,33,34)/t18-/m0/s1. The quantitative estimate of drug-likeness (QED) is 0.375. The lowest BCUT2D eigenvalue weighted by Gasteiger charge is -2.21. The average Bonchev–Trinajstić information content (AvgIpc) is 3.26. The largest absolute Gasteiger partial charge is 0.381 e. The van der Waals surface area contributed by atoms with E-state index in [9.17, 15) is 4.39 Å². The summed E-state index contributed by atoms with van der Waals surface area (Å²) in [7, 11) is 2.21. The van der Waals surface area contributed by atoms with Crippen molar-refractivity contribution in [1.29, 1.82) is 0 Å². The van der Waals surface area contributed by atoms with Crippen molar-refractivity contribution < 1.29 is 9.13 Å². The van der Waals surface area contributed by atoms with Crippen LogP contribution in [-0.4, -0.2) is 45.6 Å². The minimum absolute atomic E-state index is 0.280. The highest BCUT2D eigenvalue weighted by atomic mass is 19.1. The molecular formula is C29H31FN6O. The Morgan fingerprint density at radius 1 is 1.14 bits per heavy atom. The van der Waals surface area contributed by atoms with E-state index >= 15 is 0 Å². The van der Waals surface area contributed by atoms with Crippen molar-refractivity contribution in [3.8, 4) is 11.3 Å². The van der Waals surface area contributed by atoms with E-state index in [1.54, 1.807) is 6.20 Å². The van der Waals surface area contributed by atoms with Crippen LogP contribution in [0, 0.1) is 5.82 Å². The Kier molecular flexibility index (Phi) is 5.68. The third kappa shape index (κ3) is 4.29. The number of hydrogen-bond donors (Lipinski definition) is 2. The highest BCUT2D eigenvalue weighted by molar-refractivity contribution is 5.75. The highest BCUT2D eigenvalue weighted by Crippen LogP contribution is 2.36. The molecule has 2 aliphatic heterocycles. The van der Waals surface area contributed by atoms with E-state index in [0.29, 0.717) is 17.6 Å². The number of nitrogens with one attached hydrogen (secondary N) is 2.